The van der Waals surface area contributed by atoms with Crippen molar-refractivity contribution in [3.05, 3.63) is 35.4 Å². The molecule has 1 aliphatic heterocycles. The third kappa shape index (κ3) is 2.31. The molecule has 0 aromatic heterocycles. The molecule has 2 rings (SSSR count). The number of nitrogens with two attached hydrogens (primary N) is 1. The van der Waals surface area contributed by atoms with Crippen molar-refractivity contribution >= 4 is 17.8 Å². The van der Waals surface area contributed by atoms with Gasteiger partial charge in [-0.2, -0.15) is 0 Å². The molecule has 0 radical (unpaired) electrons. The molecule has 21 heavy (non-hydrogen) atoms. The molecule has 0 fully saturated rings. The first-order chi connectivity index (χ1) is 9.57. The first-order valence-corrected chi connectivity index (χ1v) is 6.56. The van der Waals surface area contributed by atoms with E-state index in [1.165, 1.54) is 19.1 Å². The molecule has 1 heterocycles. The van der Waals surface area contributed by atoms with Gasteiger partial charge in [-0.15, -0.1) is 0 Å². The normalized spacial score (nSPS) is 17.5. The van der Waals surface area contributed by atoms with E-state index in [0.29, 0.717) is 5.06 Å². The Morgan fingerprint density at radius 1 is 1.05 bits per heavy atom. The maximum absolute atomic E-state index is 12.2. The summed E-state index contributed by atoms with van der Waals surface area (Å²) in [5.41, 5.74) is 4.47. The number of carbonyl (C=O) groups is 3. The van der Waals surface area contributed by atoms with Crippen LogP contribution < -0.4 is 5.73 Å². The molecule has 1 aromatic rings. The summed E-state index contributed by atoms with van der Waals surface area (Å²) in [5.74, 6) is -2.15. The third-order valence-electron chi connectivity index (χ3n) is 3.91. The zero-order valence-electron chi connectivity index (χ0n) is 12.5. The summed E-state index contributed by atoms with van der Waals surface area (Å²) in [6, 6.07) is 6.29. The van der Waals surface area contributed by atoms with E-state index in [1.54, 1.807) is 32.9 Å². The van der Waals surface area contributed by atoms with Gasteiger partial charge in [0.1, 0.15) is 5.54 Å². The van der Waals surface area contributed by atoms with E-state index in [9.17, 15) is 14.4 Å². The van der Waals surface area contributed by atoms with Gasteiger partial charge in [0, 0.05) is 0 Å². The molecule has 112 valence electrons. The van der Waals surface area contributed by atoms with Crippen molar-refractivity contribution in [1.29, 1.82) is 0 Å². The molecule has 0 saturated heterocycles. The molecular formula is C15H18N2O4. The third-order valence-corrected chi connectivity index (χ3v) is 3.91. The van der Waals surface area contributed by atoms with Gasteiger partial charge in [-0.3, -0.25) is 9.59 Å². The number of carbonyl (C=O) groups excluding carboxylic acids is 3. The number of imide groups is 1. The number of fused-ring (bicyclic) bond motifs is 1. The number of amides is 2. The van der Waals surface area contributed by atoms with Crippen molar-refractivity contribution in [3.8, 4) is 0 Å². The molecular weight excluding hydrogens is 272 g/mol. The second kappa shape index (κ2) is 4.66. The number of benzene rings is 1. The van der Waals surface area contributed by atoms with Crippen LogP contribution in [-0.4, -0.2) is 28.4 Å². The Balaban J connectivity index is 2.25. The van der Waals surface area contributed by atoms with E-state index in [-0.39, 0.29) is 11.1 Å². The molecule has 2 N–H and O–H groups in total. The number of nitrogens with zero attached hydrogens (tertiary/aromatic N) is 1. The van der Waals surface area contributed by atoms with E-state index >= 15 is 0 Å². The standard InChI is InChI=1S/C15H18N2O4/c1-14(2,3)15(4,16)13(20)21-17-11(18)9-7-5-6-8-10(9)12(17)19/h5-8H,16H2,1-4H3. The van der Waals surface area contributed by atoms with Gasteiger partial charge in [-0.05, 0) is 24.5 Å². The lowest BCUT2D eigenvalue weighted by atomic mass is 9.76. The highest BCUT2D eigenvalue weighted by Crippen LogP contribution is 2.30. The van der Waals surface area contributed by atoms with Crippen molar-refractivity contribution in [2.45, 2.75) is 33.2 Å². The fourth-order valence-corrected chi connectivity index (χ4v) is 1.73. The summed E-state index contributed by atoms with van der Waals surface area (Å²) >= 11 is 0. The van der Waals surface area contributed by atoms with Gasteiger partial charge in [-0.25, -0.2) is 4.79 Å². The van der Waals surface area contributed by atoms with Gasteiger partial charge in [0.25, 0.3) is 11.8 Å². The average Bonchev–Trinajstić information content (AvgIpc) is 2.63. The first kappa shape index (κ1) is 15.2. The van der Waals surface area contributed by atoms with Crippen molar-refractivity contribution in [2.24, 2.45) is 11.1 Å². The SMILES string of the molecule is CC(C)(C)C(C)(N)C(=O)ON1C(=O)c2ccccc2C1=O. The molecule has 6 heteroatoms. The maximum atomic E-state index is 12.2. The predicted octanol–water partition coefficient (Wildman–Crippen LogP) is 1.50. The zero-order chi connectivity index (χ0) is 16.0. The summed E-state index contributed by atoms with van der Waals surface area (Å²) in [5, 5.41) is 0.476. The molecule has 2 amide bonds. The molecule has 1 atom stereocenters. The van der Waals surface area contributed by atoms with Gasteiger partial charge in [0.15, 0.2) is 0 Å². The highest BCUT2D eigenvalue weighted by atomic mass is 16.7. The second-order valence-electron chi connectivity index (χ2n) is 6.28. The van der Waals surface area contributed by atoms with Gasteiger partial charge >= 0.3 is 5.97 Å². The van der Waals surface area contributed by atoms with Crippen LogP contribution in [0.2, 0.25) is 0 Å². The lowest BCUT2D eigenvalue weighted by Crippen LogP contribution is -2.57. The highest BCUT2D eigenvalue weighted by molar-refractivity contribution is 6.21. The van der Waals surface area contributed by atoms with Crippen LogP contribution in [0, 0.1) is 5.41 Å². The molecule has 0 saturated carbocycles. The largest absolute Gasteiger partial charge is 0.353 e. The van der Waals surface area contributed by atoms with E-state index in [1.807, 2.05) is 0 Å². The molecule has 0 spiro atoms. The van der Waals surface area contributed by atoms with Gasteiger partial charge < -0.3 is 10.6 Å². The second-order valence-corrected chi connectivity index (χ2v) is 6.28. The lowest BCUT2D eigenvalue weighted by Gasteiger charge is -2.36. The van der Waals surface area contributed by atoms with Crippen LogP contribution in [0.1, 0.15) is 48.4 Å². The van der Waals surface area contributed by atoms with Crippen molar-refractivity contribution in [3.63, 3.8) is 0 Å². The van der Waals surface area contributed by atoms with E-state index in [4.69, 9.17) is 10.6 Å². The maximum Gasteiger partial charge on any atom is 0.353 e. The van der Waals surface area contributed by atoms with Crippen LogP contribution in [-0.2, 0) is 9.63 Å². The van der Waals surface area contributed by atoms with Gasteiger partial charge in [-0.1, -0.05) is 38.0 Å². The number of rotatable bonds is 2. The van der Waals surface area contributed by atoms with Crippen LogP contribution in [0.4, 0.5) is 0 Å². The van der Waals surface area contributed by atoms with Crippen LogP contribution in [0.15, 0.2) is 24.3 Å². The Bertz CT molecular complexity index is 594. The Hall–Kier alpha value is -2.21. The minimum Gasteiger partial charge on any atom is -0.328 e. The van der Waals surface area contributed by atoms with Gasteiger partial charge in [0.2, 0.25) is 0 Å². The summed E-state index contributed by atoms with van der Waals surface area (Å²) in [6.07, 6.45) is 0. The highest BCUT2D eigenvalue weighted by Gasteiger charge is 2.46. The topological polar surface area (TPSA) is 89.7 Å². The Kier molecular flexibility index (Phi) is 3.37. The quantitative estimate of drug-likeness (QED) is 0.834. The molecule has 6 nitrogen and oxygen atoms in total. The lowest BCUT2D eigenvalue weighted by molar-refractivity contribution is -0.178. The van der Waals surface area contributed by atoms with Crippen LogP contribution in [0.3, 0.4) is 0 Å². The first-order valence-electron chi connectivity index (χ1n) is 6.56. The fourth-order valence-electron chi connectivity index (χ4n) is 1.73. The fraction of sp³-hybridized carbons (Fsp3) is 0.400. The Morgan fingerprint density at radius 3 is 1.86 bits per heavy atom. The van der Waals surface area contributed by atoms with E-state index in [0.717, 1.165) is 0 Å². The Morgan fingerprint density at radius 2 is 1.48 bits per heavy atom. The summed E-state index contributed by atoms with van der Waals surface area (Å²) in [4.78, 5) is 41.4. The van der Waals surface area contributed by atoms with Crippen molar-refractivity contribution < 1.29 is 19.2 Å². The van der Waals surface area contributed by atoms with Crippen LogP contribution in [0.25, 0.3) is 0 Å². The molecule has 1 unspecified atom stereocenters. The smallest absolute Gasteiger partial charge is 0.328 e. The van der Waals surface area contributed by atoms with Crippen LogP contribution in [0.5, 0.6) is 0 Å². The van der Waals surface area contributed by atoms with Gasteiger partial charge in [0.05, 0.1) is 11.1 Å². The van der Waals surface area contributed by atoms with Crippen molar-refractivity contribution in [1.82, 2.24) is 5.06 Å². The Labute approximate surface area is 122 Å². The molecule has 0 aliphatic carbocycles. The van der Waals surface area contributed by atoms with E-state index in [2.05, 4.69) is 0 Å². The summed E-state index contributed by atoms with van der Waals surface area (Å²) in [7, 11) is 0. The average molecular weight is 290 g/mol. The molecule has 1 aliphatic rings. The number of hydrogen-bond acceptors (Lipinski definition) is 5. The molecule has 1 aromatic carbocycles. The number of hydroxylamine groups is 2. The number of hydrogen-bond donors (Lipinski definition) is 1. The summed E-state index contributed by atoms with van der Waals surface area (Å²) < 4.78 is 0. The predicted molar refractivity (Wildman–Crippen MR) is 75.1 cm³/mol. The van der Waals surface area contributed by atoms with E-state index < -0.39 is 28.7 Å². The monoisotopic (exact) mass is 290 g/mol. The van der Waals surface area contributed by atoms with Crippen LogP contribution >= 0.6 is 0 Å². The zero-order valence-corrected chi connectivity index (χ0v) is 12.5. The minimum absolute atomic E-state index is 0.213. The van der Waals surface area contributed by atoms with Crippen molar-refractivity contribution in [2.75, 3.05) is 0 Å². The molecule has 0 bridgehead atoms. The minimum atomic E-state index is -1.34. The summed E-state index contributed by atoms with van der Waals surface area (Å²) in [6.45, 7) is 6.83.